The molecule has 0 fully saturated rings. The van der Waals surface area contributed by atoms with Gasteiger partial charge in [0.25, 0.3) is 5.91 Å². The van der Waals surface area contributed by atoms with Crippen molar-refractivity contribution in [3.8, 4) is 0 Å². The molecule has 0 heterocycles. The largest absolute Gasteiger partial charge is 0.415 e. The van der Waals surface area contributed by atoms with E-state index in [1.807, 2.05) is 0 Å². The van der Waals surface area contributed by atoms with Crippen LogP contribution in [0.3, 0.4) is 0 Å². The van der Waals surface area contributed by atoms with Gasteiger partial charge in [-0.3, -0.25) is 4.79 Å². The monoisotopic (exact) mass is 275 g/mol. The van der Waals surface area contributed by atoms with Crippen molar-refractivity contribution in [1.29, 1.82) is 0 Å². The highest BCUT2D eigenvalue weighted by Crippen LogP contribution is 2.29. The number of anilines is 2. The van der Waals surface area contributed by atoms with Crippen molar-refractivity contribution >= 4 is 17.3 Å². The van der Waals surface area contributed by atoms with Gasteiger partial charge in [-0.1, -0.05) is 6.07 Å². The van der Waals surface area contributed by atoms with E-state index in [1.54, 1.807) is 37.2 Å². The van der Waals surface area contributed by atoms with Crippen LogP contribution in [0.2, 0.25) is 0 Å². The van der Waals surface area contributed by atoms with Crippen LogP contribution in [-0.4, -0.2) is 31.7 Å². The standard InChI is InChI=1S/C12H16F3N3O/c1-11(16,12(13,14)15)10(19)17-8-5-4-6-9(7-8)18(2)3/h4-7H,16H2,1-3H3,(H,17,19). The first-order chi connectivity index (χ1) is 8.55. The number of carbonyl (C=O) groups is 1. The van der Waals surface area contributed by atoms with Gasteiger partial charge in [0.15, 0.2) is 5.54 Å². The zero-order valence-electron chi connectivity index (χ0n) is 10.9. The second kappa shape index (κ2) is 5.08. The lowest BCUT2D eigenvalue weighted by molar-refractivity contribution is -0.184. The quantitative estimate of drug-likeness (QED) is 0.886. The maximum absolute atomic E-state index is 12.6. The van der Waals surface area contributed by atoms with Crippen molar-refractivity contribution in [3.63, 3.8) is 0 Å². The van der Waals surface area contributed by atoms with Crippen molar-refractivity contribution in [2.75, 3.05) is 24.3 Å². The number of nitrogens with one attached hydrogen (secondary N) is 1. The molecule has 7 heteroatoms. The molecule has 1 amide bonds. The fourth-order valence-electron chi connectivity index (χ4n) is 1.25. The van der Waals surface area contributed by atoms with Crippen LogP contribution < -0.4 is 16.0 Å². The minimum atomic E-state index is -4.81. The Hall–Kier alpha value is -1.76. The van der Waals surface area contributed by atoms with E-state index < -0.39 is 17.6 Å². The summed E-state index contributed by atoms with van der Waals surface area (Å²) in [5.74, 6) is -1.30. The Morgan fingerprint density at radius 1 is 1.32 bits per heavy atom. The summed E-state index contributed by atoms with van der Waals surface area (Å²) in [7, 11) is 3.56. The zero-order chi connectivity index (χ0) is 14.8. The normalized spacial score (nSPS) is 14.7. The molecule has 1 atom stereocenters. The second-order valence-corrected chi connectivity index (χ2v) is 4.60. The Balaban J connectivity index is 2.92. The molecule has 0 radical (unpaired) electrons. The summed E-state index contributed by atoms with van der Waals surface area (Å²) < 4.78 is 37.8. The number of rotatable bonds is 3. The van der Waals surface area contributed by atoms with Gasteiger partial charge in [0.2, 0.25) is 0 Å². The lowest BCUT2D eigenvalue weighted by atomic mass is 10.0. The zero-order valence-corrected chi connectivity index (χ0v) is 10.9. The van der Waals surface area contributed by atoms with Crippen LogP contribution in [0.15, 0.2) is 24.3 Å². The van der Waals surface area contributed by atoms with E-state index in [1.165, 1.54) is 6.07 Å². The number of hydrogen-bond donors (Lipinski definition) is 2. The highest BCUT2D eigenvalue weighted by atomic mass is 19.4. The second-order valence-electron chi connectivity index (χ2n) is 4.60. The molecule has 0 aliphatic rings. The van der Waals surface area contributed by atoms with Crippen LogP contribution in [0.25, 0.3) is 0 Å². The number of halogens is 3. The Morgan fingerprint density at radius 3 is 2.37 bits per heavy atom. The van der Waals surface area contributed by atoms with Gasteiger partial charge < -0.3 is 16.0 Å². The first-order valence-corrected chi connectivity index (χ1v) is 5.50. The molecule has 106 valence electrons. The maximum Gasteiger partial charge on any atom is 0.415 e. The van der Waals surface area contributed by atoms with E-state index in [0.717, 1.165) is 5.69 Å². The molecule has 1 aromatic carbocycles. The maximum atomic E-state index is 12.6. The molecular formula is C12H16F3N3O. The number of amides is 1. The van der Waals surface area contributed by atoms with E-state index in [0.29, 0.717) is 6.92 Å². The Morgan fingerprint density at radius 2 is 1.89 bits per heavy atom. The molecule has 3 N–H and O–H groups in total. The van der Waals surface area contributed by atoms with Crippen molar-refractivity contribution in [3.05, 3.63) is 24.3 Å². The highest BCUT2D eigenvalue weighted by molar-refractivity contribution is 5.98. The van der Waals surface area contributed by atoms with Gasteiger partial charge in [-0.25, -0.2) is 0 Å². The molecule has 4 nitrogen and oxygen atoms in total. The van der Waals surface area contributed by atoms with Gasteiger partial charge in [-0.2, -0.15) is 13.2 Å². The van der Waals surface area contributed by atoms with Gasteiger partial charge in [0.05, 0.1) is 0 Å². The SMILES string of the molecule is CN(C)c1cccc(NC(=O)C(C)(N)C(F)(F)F)c1. The molecule has 1 rings (SSSR count). The first-order valence-electron chi connectivity index (χ1n) is 5.50. The summed E-state index contributed by atoms with van der Waals surface area (Å²) >= 11 is 0. The van der Waals surface area contributed by atoms with Gasteiger partial charge in [0.1, 0.15) is 0 Å². The Kier molecular flexibility index (Phi) is 4.09. The van der Waals surface area contributed by atoms with Crippen LogP contribution >= 0.6 is 0 Å². The van der Waals surface area contributed by atoms with Crippen molar-refractivity contribution < 1.29 is 18.0 Å². The fourth-order valence-corrected chi connectivity index (χ4v) is 1.25. The minimum absolute atomic E-state index is 0.261. The molecule has 0 spiro atoms. The molecule has 0 bridgehead atoms. The highest BCUT2D eigenvalue weighted by Gasteiger charge is 2.53. The number of nitrogens with two attached hydrogens (primary N) is 1. The fraction of sp³-hybridized carbons (Fsp3) is 0.417. The Labute approximate surface area is 109 Å². The predicted molar refractivity (Wildman–Crippen MR) is 68.0 cm³/mol. The number of carbonyl (C=O) groups excluding carboxylic acids is 1. The van der Waals surface area contributed by atoms with Crippen LogP contribution in [0.4, 0.5) is 24.5 Å². The molecule has 19 heavy (non-hydrogen) atoms. The third kappa shape index (κ3) is 3.37. The molecule has 0 aliphatic carbocycles. The van der Waals surface area contributed by atoms with E-state index in [9.17, 15) is 18.0 Å². The topological polar surface area (TPSA) is 58.4 Å². The van der Waals surface area contributed by atoms with Gasteiger partial charge in [-0.05, 0) is 25.1 Å². The number of hydrogen-bond acceptors (Lipinski definition) is 3. The van der Waals surface area contributed by atoms with Crippen molar-refractivity contribution in [1.82, 2.24) is 0 Å². The summed E-state index contributed by atoms with van der Waals surface area (Å²) in [4.78, 5) is 13.4. The summed E-state index contributed by atoms with van der Waals surface area (Å²) in [5, 5.41) is 2.17. The number of alkyl halides is 3. The molecule has 0 saturated heterocycles. The molecule has 1 unspecified atom stereocenters. The van der Waals surface area contributed by atoms with Crippen LogP contribution in [0, 0.1) is 0 Å². The molecule has 0 aliphatic heterocycles. The molecule has 0 aromatic heterocycles. The average molecular weight is 275 g/mol. The minimum Gasteiger partial charge on any atom is -0.378 e. The first kappa shape index (κ1) is 15.3. The Bertz CT molecular complexity index is 470. The van der Waals surface area contributed by atoms with Gasteiger partial charge in [-0.15, -0.1) is 0 Å². The van der Waals surface area contributed by atoms with Gasteiger partial charge in [0, 0.05) is 25.5 Å². The molecule has 1 aromatic rings. The van der Waals surface area contributed by atoms with E-state index in [-0.39, 0.29) is 5.69 Å². The molecule has 0 saturated carbocycles. The van der Waals surface area contributed by atoms with Crippen LogP contribution in [0.1, 0.15) is 6.92 Å². The lowest BCUT2D eigenvalue weighted by Crippen LogP contribution is -2.59. The lowest BCUT2D eigenvalue weighted by Gasteiger charge is -2.26. The summed E-state index contributed by atoms with van der Waals surface area (Å²) in [6, 6.07) is 6.45. The number of benzene rings is 1. The number of nitrogens with zero attached hydrogens (tertiary/aromatic N) is 1. The third-order valence-corrected chi connectivity index (χ3v) is 2.68. The summed E-state index contributed by atoms with van der Waals surface area (Å²) in [6.07, 6.45) is -4.81. The third-order valence-electron chi connectivity index (χ3n) is 2.68. The van der Waals surface area contributed by atoms with E-state index in [2.05, 4.69) is 5.32 Å². The van der Waals surface area contributed by atoms with Crippen LogP contribution in [0.5, 0.6) is 0 Å². The molecular weight excluding hydrogens is 259 g/mol. The van der Waals surface area contributed by atoms with E-state index >= 15 is 0 Å². The smallest absolute Gasteiger partial charge is 0.378 e. The van der Waals surface area contributed by atoms with Crippen LogP contribution in [-0.2, 0) is 4.79 Å². The van der Waals surface area contributed by atoms with Crippen molar-refractivity contribution in [2.24, 2.45) is 5.73 Å². The van der Waals surface area contributed by atoms with Gasteiger partial charge >= 0.3 is 6.18 Å². The summed E-state index contributed by atoms with van der Waals surface area (Å²) in [5.41, 5.74) is 3.12. The van der Waals surface area contributed by atoms with E-state index in [4.69, 9.17) is 5.73 Å². The average Bonchev–Trinajstić information content (AvgIpc) is 2.27. The van der Waals surface area contributed by atoms with Crippen molar-refractivity contribution in [2.45, 2.75) is 18.6 Å². The summed E-state index contributed by atoms with van der Waals surface area (Å²) in [6.45, 7) is 0.637. The predicted octanol–water partition coefficient (Wildman–Crippen LogP) is 1.97.